The van der Waals surface area contributed by atoms with E-state index >= 15 is 0 Å². The Balaban J connectivity index is 2.01. The number of benzene rings is 2. The number of nitrogens with zero attached hydrogens (tertiary/aromatic N) is 1. The molecule has 1 heterocycles. The molecule has 0 spiro atoms. The van der Waals surface area contributed by atoms with Crippen LogP contribution in [0.5, 0.6) is 0 Å². The Kier molecular flexibility index (Phi) is 6.12. The number of allylic oxidation sites excluding steroid dienone is 1. The van der Waals surface area contributed by atoms with E-state index in [1.807, 2.05) is 6.07 Å². The number of rotatable bonds is 8. The molecule has 3 rings (SSSR count). The first-order valence-corrected chi connectivity index (χ1v) is 9.66. The second-order valence-electron chi connectivity index (χ2n) is 7.15. The maximum Gasteiger partial charge on any atom is 0.303 e. The van der Waals surface area contributed by atoms with E-state index in [4.69, 9.17) is 5.11 Å². The van der Waals surface area contributed by atoms with Gasteiger partial charge < -0.3 is 9.67 Å². The first-order chi connectivity index (χ1) is 13.1. The van der Waals surface area contributed by atoms with Crippen molar-refractivity contribution in [3.8, 4) is 11.1 Å². The lowest BCUT2D eigenvalue weighted by Gasteiger charge is -2.13. The molecule has 3 aromatic rings. The Morgan fingerprint density at radius 3 is 2.44 bits per heavy atom. The highest BCUT2D eigenvalue weighted by atomic mass is 16.4. The molecule has 0 aliphatic heterocycles. The SMILES string of the molecule is CC(C)n1c(/C=C/CCCCC(=O)O)c(-c2ccccc2)c2ccccc21. The highest BCUT2D eigenvalue weighted by Gasteiger charge is 2.17. The summed E-state index contributed by atoms with van der Waals surface area (Å²) in [6.07, 6.45) is 7.14. The summed E-state index contributed by atoms with van der Waals surface area (Å²) in [5.41, 5.74) is 4.95. The number of aromatic nitrogens is 1. The van der Waals surface area contributed by atoms with E-state index in [0.717, 1.165) is 19.3 Å². The van der Waals surface area contributed by atoms with Crippen LogP contribution in [0.3, 0.4) is 0 Å². The number of carboxylic acids is 1. The van der Waals surface area contributed by atoms with Crippen molar-refractivity contribution in [2.45, 2.75) is 45.6 Å². The predicted octanol–water partition coefficient (Wildman–Crippen LogP) is 6.55. The molecule has 2 aromatic carbocycles. The van der Waals surface area contributed by atoms with Gasteiger partial charge in [0.2, 0.25) is 0 Å². The minimum Gasteiger partial charge on any atom is -0.481 e. The van der Waals surface area contributed by atoms with Crippen LogP contribution in [0.2, 0.25) is 0 Å². The molecule has 0 amide bonds. The molecule has 0 saturated heterocycles. The van der Waals surface area contributed by atoms with Gasteiger partial charge in [-0.05, 0) is 50.8 Å². The summed E-state index contributed by atoms with van der Waals surface area (Å²) < 4.78 is 2.39. The van der Waals surface area contributed by atoms with E-state index in [9.17, 15) is 4.79 Å². The fourth-order valence-corrected chi connectivity index (χ4v) is 3.64. The summed E-state index contributed by atoms with van der Waals surface area (Å²) in [6, 6.07) is 19.4. The third-order valence-electron chi connectivity index (χ3n) is 4.81. The number of hydrogen-bond donors (Lipinski definition) is 1. The average molecular weight is 361 g/mol. The van der Waals surface area contributed by atoms with Gasteiger partial charge >= 0.3 is 5.97 Å². The zero-order valence-corrected chi connectivity index (χ0v) is 16.1. The van der Waals surface area contributed by atoms with E-state index in [2.05, 4.69) is 79.1 Å². The van der Waals surface area contributed by atoms with Crippen LogP contribution < -0.4 is 0 Å². The molecular weight excluding hydrogens is 334 g/mol. The zero-order valence-electron chi connectivity index (χ0n) is 16.1. The van der Waals surface area contributed by atoms with Crippen LogP contribution in [0.15, 0.2) is 60.7 Å². The first-order valence-electron chi connectivity index (χ1n) is 9.66. The molecule has 0 unspecified atom stereocenters. The Morgan fingerprint density at radius 2 is 1.74 bits per heavy atom. The van der Waals surface area contributed by atoms with Gasteiger partial charge in [-0.2, -0.15) is 0 Å². The quantitative estimate of drug-likeness (QED) is 0.462. The molecule has 0 bridgehead atoms. The van der Waals surface area contributed by atoms with Crippen molar-refractivity contribution in [2.24, 2.45) is 0 Å². The van der Waals surface area contributed by atoms with Crippen molar-refractivity contribution >= 4 is 22.9 Å². The summed E-state index contributed by atoms with van der Waals surface area (Å²) in [6.45, 7) is 4.43. The van der Waals surface area contributed by atoms with E-state index < -0.39 is 5.97 Å². The van der Waals surface area contributed by atoms with Crippen LogP contribution in [-0.4, -0.2) is 15.6 Å². The molecule has 0 fully saturated rings. The molecule has 27 heavy (non-hydrogen) atoms. The number of unbranched alkanes of at least 4 members (excludes halogenated alkanes) is 2. The van der Waals surface area contributed by atoms with Gasteiger partial charge in [-0.3, -0.25) is 4.79 Å². The van der Waals surface area contributed by atoms with Crippen LogP contribution in [-0.2, 0) is 4.79 Å². The highest BCUT2D eigenvalue weighted by Crippen LogP contribution is 2.37. The van der Waals surface area contributed by atoms with Crippen LogP contribution >= 0.6 is 0 Å². The standard InChI is InChI=1S/C24H27NO2/c1-18(2)25-21-15-11-10-14-20(21)24(19-12-6-5-7-13-19)22(25)16-8-3-4-9-17-23(26)27/h5-8,10-16,18H,3-4,9,17H2,1-2H3,(H,26,27)/b16-8+. The van der Waals surface area contributed by atoms with E-state index in [0.29, 0.717) is 6.04 Å². The van der Waals surface area contributed by atoms with Crippen LogP contribution in [0.4, 0.5) is 0 Å². The molecule has 140 valence electrons. The second-order valence-corrected chi connectivity index (χ2v) is 7.15. The van der Waals surface area contributed by atoms with Crippen molar-refractivity contribution in [3.05, 3.63) is 66.4 Å². The van der Waals surface area contributed by atoms with Gasteiger partial charge in [-0.1, -0.05) is 54.6 Å². The number of para-hydroxylation sites is 1. The molecule has 0 saturated carbocycles. The molecule has 0 atom stereocenters. The van der Waals surface area contributed by atoms with Crippen molar-refractivity contribution in [2.75, 3.05) is 0 Å². The first kappa shape index (κ1) is 19.0. The lowest BCUT2D eigenvalue weighted by Crippen LogP contribution is -2.02. The largest absolute Gasteiger partial charge is 0.481 e. The number of hydrogen-bond acceptors (Lipinski definition) is 1. The Labute approximate surface area is 161 Å². The summed E-state index contributed by atoms with van der Waals surface area (Å²) in [4.78, 5) is 10.7. The number of aliphatic carboxylic acids is 1. The third-order valence-corrected chi connectivity index (χ3v) is 4.81. The van der Waals surface area contributed by atoms with Crippen LogP contribution in [0.25, 0.3) is 28.1 Å². The Hall–Kier alpha value is -2.81. The fourth-order valence-electron chi connectivity index (χ4n) is 3.64. The second kappa shape index (κ2) is 8.72. The third kappa shape index (κ3) is 4.30. The molecule has 3 nitrogen and oxygen atoms in total. The van der Waals surface area contributed by atoms with Crippen LogP contribution in [0.1, 0.15) is 51.3 Å². The van der Waals surface area contributed by atoms with Crippen molar-refractivity contribution in [3.63, 3.8) is 0 Å². The minimum atomic E-state index is -0.717. The minimum absolute atomic E-state index is 0.245. The van der Waals surface area contributed by atoms with Gasteiger partial charge in [0.15, 0.2) is 0 Å². The summed E-state index contributed by atoms with van der Waals surface area (Å²) >= 11 is 0. The maximum atomic E-state index is 10.7. The van der Waals surface area contributed by atoms with E-state index in [1.165, 1.54) is 27.7 Å². The Morgan fingerprint density at radius 1 is 1.04 bits per heavy atom. The number of fused-ring (bicyclic) bond motifs is 1. The monoisotopic (exact) mass is 361 g/mol. The average Bonchev–Trinajstić information content (AvgIpc) is 2.99. The molecule has 3 heteroatoms. The van der Waals surface area contributed by atoms with Gasteiger partial charge in [-0.15, -0.1) is 0 Å². The highest BCUT2D eigenvalue weighted by molar-refractivity contribution is 6.00. The topological polar surface area (TPSA) is 42.2 Å². The molecule has 0 aliphatic carbocycles. The normalized spacial score (nSPS) is 11.7. The van der Waals surface area contributed by atoms with Gasteiger partial charge in [0.05, 0.1) is 0 Å². The Bertz CT molecular complexity index is 936. The summed E-state index contributed by atoms with van der Waals surface area (Å²) in [5.74, 6) is -0.717. The van der Waals surface area contributed by atoms with Crippen LogP contribution in [0, 0.1) is 0 Å². The van der Waals surface area contributed by atoms with E-state index in [1.54, 1.807) is 0 Å². The zero-order chi connectivity index (χ0) is 19.2. The predicted molar refractivity (Wildman–Crippen MR) is 113 cm³/mol. The lowest BCUT2D eigenvalue weighted by atomic mass is 10.0. The number of carbonyl (C=O) groups is 1. The molecule has 1 N–H and O–H groups in total. The number of carboxylic acid groups (broad SMARTS) is 1. The van der Waals surface area contributed by atoms with Crippen molar-refractivity contribution < 1.29 is 9.90 Å². The van der Waals surface area contributed by atoms with Gasteiger partial charge in [0.25, 0.3) is 0 Å². The smallest absolute Gasteiger partial charge is 0.303 e. The fraction of sp³-hybridized carbons (Fsp3) is 0.292. The van der Waals surface area contributed by atoms with Gasteiger partial charge in [0, 0.05) is 34.6 Å². The van der Waals surface area contributed by atoms with E-state index in [-0.39, 0.29) is 6.42 Å². The lowest BCUT2D eigenvalue weighted by molar-refractivity contribution is -0.137. The van der Waals surface area contributed by atoms with Crippen molar-refractivity contribution in [1.82, 2.24) is 4.57 Å². The van der Waals surface area contributed by atoms with Crippen molar-refractivity contribution in [1.29, 1.82) is 0 Å². The van der Waals surface area contributed by atoms with Gasteiger partial charge in [-0.25, -0.2) is 0 Å². The summed E-state index contributed by atoms with van der Waals surface area (Å²) in [5, 5.41) is 10.0. The molecule has 1 aromatic heterocycles. The molecule has 0 radical (unpaired) electrons. The molecular formula is C24H27NO2. The molecule has 0 aliphatic rings. The summed E-state index contributed by atoms with van der Waals surface area (Å²) in [7, 11) is 0. The maximum absolute atomic E-state index is 10.7. The van der Waals surface area contributed by atoms with Gasteiger partial charge in [0.1, 0.15) is 0 Å².